The third-order valence-corrected chi connectivity index (χ3v) is 3.76. The highest BCUT2D eigenvalue weighted by molar-refractivity contribution is 6.03. The van der Waals surface area contributed by atoms with Gasteiger partial charge in [0, 0.05) is 23.9 Å². The van der Waals surface area contributed by atoms with Crippen LogP contribution in [-0.2, 0) is 4.79 Å². The molecule has 132 valence electrons. The van der Waals surface area contributed by atoms with Gasteiger partial charge in [0.25, 0.3) is 5.91 Å². The summed E-state index contributed by atoms with van der Waals surface area (Å²) in [6.45, 7) is 3.26. The average Bonchev–Trinajstić information content (AvgIpc) is 3.08. The fourth-order valence-electron chi connectivity index (χ4n) is 2.45. The van der Waals surface area contributed by atoms with Gasteiger partial charge in [-0.25, -0.2) is 4.39 Å². The molecule has 0 radical (unpaired) electrons. The van der Waals surface area contributed by atoms with E-state index in [2.05, 4.69) is 10.6 Å². The van der Waals surface area contributed by atoms with Gasteiger partial charge in [0.2, 0.25) is 5.91 Å². The minimum absolute atomic E-state index is 0.133. The monoisotopic (exact) mass is 352 g/mol. The molecule has 0 fully saturated rings. The van der Waals surface area contributed by atoms with Crippen LogP contribution in [0.5, 0.6) is 0 Å². The SMILES string of the molecule is CC(=O)Nc1ccc(C)c(NC(=O)c2ccc(-c3ccc(F)cc3)o2)c1. The topological polar surface area (TPSA) is 71.3 Å². The predicted octanol–water partition coefficient (Wildman–Crippen LogP) is 4.60. The Morgan fingerprint density at radius 2 is 1.69 bits per heavy atom. The van der Waals surface area contributed by atoms with Crippen LogP contribution >= 0.6 is 0 Å². The quantitative estimate of drug-likeness (QED) is 0.720. The summed E-state index contributed by atoms with van der Waals surface area (Å²) in [6.07, 6.45) is 0. The lowest BCUT2D eigenvalue weighted by atomic mass is 10.1. The van der Waals surface area contributed by atoms with Crippen molar-refractivity contribution in [2.75, 3.05) is 10.6 Å². The molecule has 1 heterocycles. The Bertz CT molecular complexity index is 961. The van der Waals surface area contributed by atoms with Crippen molar-refractivity contribution in [1.82, 2.24) is 0 Å². The highest BCUT2D eigenvalue weighted by atomic mass is 19.1. The molecule has 2 amide bonds. The number of rotatable bonds is 4. The molecule has 2 N–H and O–H groups in total. The third-order valence-electron chi connectivity index (χ3n) is 3.76. The fourth-order valence-corrected chi connectivity index (χ4v) is 2.45. The number of halogens is 1. The van der Waals surface area contributed by atoms with E-state index in [0.29, 0.717) is 22.7 Å². The fraction of sp³-hybridized carbons (Fsp3) is 0.100. The van der Waals surface area contributed by atoms with Crippen molar-refractivity contribution in [2.45, 2.75) is 13.8 Å². The van der Waals surface area contributed by atoms with E-state index in [1.165, 1.54) is 19.1 Å². The number of carbonyl (C=O) groups excluding carboxylic acids is 2. The molecule has 0 aliphatic heterocycles. The molecule has 0 aliphatic rings. The van der Waals surface area contributed by atoms with Crippen molar-refractivity contribution in [2.24, 2.45) is 0 Å². The van der Waals surface area contributed by atoms with Crippen LogP contribution in [-0.4, -0.2) is 11.8 Å². The summed E-state index contributed by atoms with van der Waals surface area (Å²) < 4.78 is 18.6. The number of furan rings is 1. The second-order valence-electron chi connectivity index (χ2n) is 5.84. The molecule has 3 rings (SSSR count). The summed E-state index contributed by atoms with van der Waals surface area (Å²) in [5.74, 6) is -0.345. The van der Waals surface area contributed by atoms with Crippen molar-refractivity contribution >= 4 is 23.2 Å². The zero-order valence-electron chi connectivity index (χ0n) is 14.3. The van der Waals surface area contributed by atoms with E-state index < -0.39 is 5.91 Å². The van der Waals surface area contributed by atoms with Gasteiger partial charge < -0.3 is 15.1 Å². The lowest BCUT2D eigenvalue weighted by Gasteiger charge is -2.10. The lowest BCUT2D eigenvalue weighted by molar-refractivity contribution is -0.114. The molecule has 2 aromatic carbocycles. The number of hydrogen-bond donors (Lipinski definition) is 2. The van der Waals surface area contributed by atoms with Crippen molar-refractivity contribution in [1.29, 1.82) is 0 Å². The summed E-state index contributed by atoms with van der Waals surface area (Å²) in [7, 11) is 0. The predicted molar refractivity (Wildman–Crippen MR) is 97.5 cm³/mol. The summed E-state index contributed by atoms with van der Waals surface area (Å²) in [4.78, 5) is 23.6. The van der Waals surface area contributed by atoms with E-state index in [0.717, 1.165) is 5.56 Å². The number of carbonyl (C=O) groups is 2. The molecule has 0 atom stereocenters. The number of hydrogen-bond acceptors (Lipinski definition) is 3. The Kier molecular flexibility index (Phi) is 4.84. The Balaban J connectivity index is 1.78. The summed E-state index contributed by atoms with van der Waals surface area (Å²) >= 11 is 0. The maximum absolute atomic E-state index is 13.0. The van der Waals surface area contributed by atoms with Gasteiger partial charge in [-0.2, -0.15) is 0 Å². The van der Waals surface area contributed by atoms with E-state index in [1.54, 1.807) is 42.5 Å². The molecule has 5 nitrogen and oxygen atoms in total. The van der Waals surface area contributed by atoms with Crippen LogP contribution in [0.1, 0.15) is 23.0 Å². The zero-order chi connectivity index (χ0) is 18.7. The van der Waals surface area contributed by atoms with Crippen molar-refractivity contribution in [3.8, 4) is 11.3 Å². The van der Waals surface area contributed by atoms with Gasteiger partial charge in [-0.1, -0.05) is 6.07 Å². The molecule has 1 aromatic heterocycles. The Morgan fingerprint density at radius 3 is 2.38 bits per heavy atom. The smallest absolute Gasteiger partial charge is 0.291 e. The molecule has 0 unspecified atom stereocenters. The first-order valence-corrected chi connectivity index (χ1v) is 7.98. The van der Waals surface area contributed by atoms with Crippen LogP contribution in [0, 0.1) is 12.7 Å². The first-order valence-electron chi connectivity index (χ1n) is 7.98. The van der Waals surface area contributed by atoms with E-state index in [-0.39, 0.29) is 17.5 Å². The molecular formula is C20H17FN2O3. The minimum Gasteiger partial charge on any atom is -0.451 e. The molecule has 0 aliphatic carbocycles. The van der Waals surface area contributed by atoms with Crippen LogP contribution in [0.4, 0.5) is 15.8 Å². The standard InChI is InChI=1S/C20H17FN2O3/c1-12-3-8-16(22-13(2)24)11-17(12)23-20(25)19-10-9-18(26-19)14-4-6-15(21)7-5-14/h3-11H,1-2H3,(H,22,24)(H,23,25). The van der Waals surface area contributed by atoms with Gasteiger partial charge >= 0.3 is 0 Å². The first-order chi connectivity index (χ1) is 12.4. The van der Waals surface area contributed by atoms with Gasteiger partial charge in [-0.15, -0.1) is 0 Å². The molecule has 26 heavy (non-hydrogen) atoms. The van der Waals surface area contributed by atoms with Gasteiger partial charge in [0.05, 0.1) is 0 Å². The molecule has 0 saturated carbocycles. The van der Waals surface area contributed by atoms with Gasteiger partial charge in [-0.05, 0) is 61.0 Å². The van der Waals surface area contributed by atoms with Crippen molar-refractivity contribution in [3.63, 3.8) is 0 Å². The number of anilines is 2. The van der Waals surface area contributed by atoms with Crippen LogP contribution in [0.3, 0.4) is 0 Å². The molecular weight excluding hydrogens is 335 g/mol. The van der Waals surface area contributed by atoms with Crippen LogP contribution < -0.4 is 10.6 Å². The number of amides is 2. The maximum atomic E-state index is 13.0. The second kappa shape index (κ2) is 7.23. The maximum Gasteiger partial charge on any atom is 0.291 e. The molecule has 0 saturated heterocycles. The highest BCUT2D eigenvalue weighted by Crippen LogP contribution is 2.25. The van der Waals surface area contributed by atoms with E-state index in [9.17, 15) is 14.0 Å². The van der Waals surface area contributed by atoms with Crippen molar-refractivity contribution < 1.29 is 18.4 Å². The zero-order valence-corrected chi connectivity index (χ0v) is 14.3. The first kappa shape index (κ1) is 17.4. The number of aryl methyl sites for hydroxylation is 1. The number of nitrogens with one attached hydrogen (secondary N) is 2. The summed E-state index contributed by atoms with van der Waals surface area (Å²) in [5.41, 5.74) is 2.68. The van der Waals surface area contributed by atoms with E-state index in [4.69, 9.17) is 4.42 Å². The summed E-state index contributed by atoms with van der Waals surface area (Å²) in [6, 6.07) is 14.3. The largest absolute Gasteiger partial charge is 0.451 e. The second-order valence-corrected chi connectivity index (χ2v) is 5.84. The van der Waals surface area contributed by atoms with Gasteiger partial charge in [0.1, 0.15) is 11.6 Å². The average molecular weight is 352 g/mol. The van der Waals surface area contributed by atoms with Crippen LogP contribution in [0.2, 0.25) is 0 Å². The van der Waals surface area contributed by atoms with Gasteiger partial charge in [0.15, 0.2) is 5.76 Å². The molecule has 6 heteroatoms. The Labute approximate surface area is 149 Å². The minimum atomic E-state index is -0.415. The Hall–Kier alpha value is -3.41. The third kappa shape index (κ3) is 3.97. The molecule has 3 aromatic rings. The normalized spacial score (nSPS) is 10.4. The van der Waals surface area contributed by atoms with Crippen LogP contribution in [0.15, 0.2) is 59.0 Å². The lowest BCUT2D eigenvalue weighted by Crippen LogP contribution is -2.13. The van der Waals surface area contributed by atoms with E-state index >= 15 is 0 Å². The van der Waals surface area contributed by atoms with Gasteiger partial charge in [-0.3, -0.25) is 9.59 Å². The van der Waals surface area contributed by atoms with Crippen LogP contribution in [0.25, 0.3) is 11.3 Å². The summed E-state index contributed by atoms with van der Waals surface area (Å²) in [5, 5.41) is 5.44. The Morgan fingerprint density at radius 1 is 0.962 bits per heavy atom. The highest BCUT2D eigenvalue weighted by Gasteiger charge is 2.14. The number of benzene rings is 2. The van der Waals surface area contributed by atoms with E-state index in [1.807, 2.05) is 6.92 Å². The van der Waals surface area contributed by atoms with Crippen molar-refractivity contribution in [3.05, 3.63) is 71.7 Å². The molecule has 0 spiro atoms. The molecule has 0 bridgehead atoms.